The third-order valence-electron chi connectivity index (χ3n) is 2.23. The number of benzene rings is 1. The van der Waals surface area contributed by atoms with Crippen LogP contribution in [-0.2, 0) is 4.79 Å². The minimum Gasteiger partial charge on any atom is -0.480 e. The number of carboxylic acids is 1. The highest BCUT2D eigenvalue weighted by Crippen LogP contribution is 2.17. The number of aliphatic hydroxyl groups excluding tert-OH is 1. The van der Waals surface area contributed by atoms with E-state index in [1.807, 2.05) is 5.32 Å². The lowest BCUT2D eigenvalue weighted by molar-refractivity contribution is -0.141. The third-order valence-corrected chi connectivity index (χ3v) is 2.52. The second-order valence-electron chi connectivity index (χ2n) is 3.63. The van der Waals surface area contributed by atoms with Crippen LogP contribution in [0.25, 0.3) is 0 Å². The fourth-order valence-corrected chi connectivity index (χ4v) is 1.46. The Balaban J connectivity index is 2.94. The molecule has 0 aliphatic rings. The molecule has 0 aliphatic carbocycles. The second kappa shape index (κ2) is 5.79. The fourth-order valence-electron chi connectivity index (χ4n) is 1.29. The summed E-state index contributed by atoms with van der Waals surface area (Å²) in [5, 5.41) is 19.7. The van der Waals surface area contributed by atoms with Crippen molar-refractivity contribution in [2.75, 3.05) is 0 Å². The summed E-state index contributed by atoms with van der Waals surface area (Å²) in [7, 11) is 0. The molecular formula is C11H11ClFNO4. The maximum absolute atomic E-state index is 13.5. The summed E-state index contributed by atoms with van der Waals surface area (Å²) in [6, 6.07) is 2.27. The number of nitrogens with one attached hydrogen (secondary N) is 1. The highest BCUT2D eigenvalue weighted by atomic mass is 35.5. The summed E-state index contributed by atoms with van der Waals surface area (Å²) in [6.07, 6.45) is -1.31. The Morgan fingerprint density at radius 3 is 2.56 bits per heavy atom. The summed E-state index contributed by atoms with van der Waals surface area (Å²) in [4.78, 5) is 22.4. The topological polar surface area (TPSA) is 86.6 Å². The van der Waals surface area contributed by atoms with Gasteiger partial charge >= 0.3 is 5.97 Å². The lowest BCUT2D eigenvalue weighted by atomic mass is 10.1. The van der Waals surface area contributed by atoms with Gasteiger partial charge in [0.25, 0.3) is 5.91 Å². The zero-order valence-corrected chi connectivity index (χ0v) is 10.1. The standard InChI is InChI=1S/C11H11ClFNO4/c1-5(15)9(11(17)18)14-10(16)6-3-2-4-7(12)8(6)13/h2-5,9,15H,1H3,(H,14,16)(H,17,18)/t5-,9+/m1/s1. The number of aliphatic hydroxyl groups is 1. The van der Waals surface area contributed by atoms with Crippen molar-refractivity contribution in [2.45, 2.75) is 19.1 Å². The molecule has 0 spiro atoms. The molecule has 0 aliphatic heterocycles. The van der Waals surface area contributed by atoms with Crippen molar-refractivity contribution in [2.24, 2.45) is 0 Å². The maximum Gasteiger partial charge on any atom is 0.328 e. The van der Waals surface area contributed by atoms with Crippen LogP contribution in [0.3, 0.4) is 0 Å². The molecule has 1 amide bonds. The number of carbonyl (C=O) groups is 2. The molecule has 1 aromatic rings. The number of hydrogen-bond donors (Lipinski definition) is 3. The Kier molecular flexibility index (Phi) is 4.63. The summed E-state index contributed by atoms with van der Waals surface area (Å²) in [6.45, 7) is 1.20. The number of carboxylic acid groups (broad SMARTS) is 1. The van der Waals surface area contributed by atoms with Gasteiger partial charge in [0, 0.05) is 0 Å². The van der Waals surface area contributed by atoms with E-state index in [1.54, 1.807) is 0 Å². The van der Waals surface area contributed by atoms with Crippen molar-refractivity contribution in [1.29, 1.82) is 0 Å². The number of aliphatic carboxylic acids is 1. The van der Waals surface area contributed by atoms with Gasteiger partial charge in [0.05, 0.1) is 16.7 Å². The van der Waals surface area contributed by atoms with E-state index in [9.17, 15) is 19.1 Å². The van der Waals surface area contributed by atoms with Crippen molar-refractivity contribution in [3.8, 4) is 0 Å². The monoisotopic (exact) mass is 275 g/mol. The lowest BCUT2D eigenvalue weighted by Crippen LogP contribution is -2.47. The van der Waals surface area contributed by atoms with Gasteiger partial charge < -0.3 is 15.5 Å². The first-order valence-electron chi connectivity index (χ1n) is 5.00. The molecular weight excluding hydrogens is 265 g/mol. The van der Waals surface area contributed by atoms with Crippen LogP contribution >= 0.6 is 11.6 Å². The minimum atomic E-state index is -1.52. The molecule has 0 saturated carbocycles. The van der Waals surface area contributed by atoms with Crippen LogP contribution in [0.2, 0.25) is 5.02 Å². The van der Waals surface area contributed by atoms with Crippen LogP contribution in [-0.4, -0.2) is 34.2 Å². The van der Waals surface area contributed by atoms with Crippen LogP contribution in [0, 0.1) is 5.82 Å². The SMILES string of the molecule is C[C@@H](O)[C@H](NC(=O)c1cccc(Cl)c1F)C(=O)O. The van der Waals surface area contributed by atoms with E-state index in [-0.39, 0.29) is 10.6 Å². The van der Waals surface area contributed by atoms with E-state index in [0.717, 1.165) is 6.07 Å². The van der Waals surface area contributed by atoms with Crippen LogP contribution < -0.4 is 5.32 Å². The molecule has 0 saturated heterocycles. The van der Waals surface area contributed by atoms with Gasteiger partial charge in [0.15, 0.2) is 11.9 Å². The van der Waals surface area contributed by atoms with Gasteiger partial charge in [-0.25, -0.2) is 9.18 Å². The van der Waals surface area contributed by atoms with Crippen molar-refractivity contribution in [1.82, 2.24) is 5.32 Å². The summed E-state index contributed by atoms with van der Waals surface area (Å²) < 4.78 is 13.5. The smallest absolute Gasteiger partial charge is 0.328 e. The van der Waals surface area contributed by atoms with Crippen LogP contribution in [0.1, 0.15) is 17.3 Å². The van der Waals surface area contributed by atoms with Gasteiger partial charge in [-0.1, -0.05) is 17.7 Å². The first kappa shape index (κ1) is 14.4. The Morgan fingerprint density at radius 1 is 1.44 bits per heavy atom. The number of hydrogen-bond acceptors (Lipinski definition) is 3. The van der Waals surface area contributed by atoms with E-state index < -0.39 is 29.8 Å². The first-order valence-corrected chi connectivity index (χ1v) is 5.38. The zero-order valence-electron chi connectivity index (χ0n) is 9.35. The summed E-state index contributed by atoms with van der Waals surface area (Å²) >= 11 is 5.50. The zero-order chi connectivity index (χ0) is 13.9. The van der Waals surface area contributed by atoms with Crippen molar-refractivity contribution in [3.05, 3.63) is 34.6 Å². The number of amides is 1. The Hall–Kier alpha value is -1.66. The molecule has 0 aromatic heterocycles. The molecule has 1 rings (SSSR count). The third kappa shape index (κ3) is 3.18. The highest BCUT2D eigenvalue weighted by molar-refractivity contribution is 6.31. The van der Waals surface area contributed by atoms with Gasteiger partial charge in [0.2, 0.25) is 0 Å². The average molecular weight is 276 g/mol. The largest absolute Gasteiger partial charge is 0.480 e. The molecule has 5 nitrogen and oxygen atoms in total. The van der Waals surface area contributed by atoms with Crippen LogP contribution in [0.5, 0.6) is 0 Å². The Labute approximate surface area is 107 Å². The van der Waals surface area contributed by atoms with Gasteiger partial charge in [-0.15, -0.1) is 0 Å². The number of rotatable bonds is 4. The Morgan fingerprint density at radius 2 is 2.06 bits per heavy atom. The molecule has 0 bridgehead atoms. The van der Waals surface area contributed by atoms with Crippen LogP contribution in [0.4, 0.5) is 4.39 Å². The summed E-state index contributed by atoms with van der Waals surface area (Å²) in [5.74, 6) is -3.31. The Bertz CT molecular complexity index is 478. The highest BCUT2D eigenvalue weighted by Gasteiger charge is 2.26. The van der Waals surface area contributed by atoms with Crippen molar-refractivity contribution < 1.29 is 24.2 Å². The normalized spacial score (nSPS) is 13.8. The molecule has 2 atom stereocenters. The predicted octanol–water partition coefficient (Wildman–Crippen LogP) is 1.04. The molecule has 7 heteroatoms. The summed E-state index contributed by atoms with van der Waals surface area (Å²) in [5.41, 5.74) is -0.380. The number of halogens is 2. The van der Waals surface area contributed by atoms with Gasteiger partial charge in [-0.2, -0.15) is 0 Å². The van der Waals surface area contributed by atoms with E-state index in [1.165, 1.54) is 19.1 Å². The van der Waals surface area contributed by atoms with Gasteiger partial charge in [-0.3, -0.25) is 4.79 Å². The quantitative estimate of drug-likeness (QED) is 0.766. The van der Waals surface area contributed by atoms with E-state index in [0.29, 0.717) is 0 Å². The van der Waals surface area contributed by atoms with Crippen molar-refractivity contribution in [3.63, 3.8) is 0 Å². The van der Waals surface area contributed by atoms with Gasteiger partial charge in [-0.05, 0) is 19.1 Å². The second-order valence-corrected chi connectivity index (χ2v) is 4.04. The number of carbonyl (C=O) groups excluding carboxylic acids is 1. The molecule has 0 unspecified atom stereocenters. The fraction of sp³-hybridized carbons (Fsp3) is 0.273. The van der Waals surface area contributed by atoms with E-state index >= 15 is 0 Å². The van der Waals surface area contributed by atoms with E-state index in [2.05, 4.69) is 0 Å². The predicted molar refractivity (Wildman–Crippen MR) is 62.0 cm³/mol. The molecule has 98 valence electrons. The first-order chi connectivity index (χ1) is 8.34. The van der Waals surface area contributed by atoms with Crippen LogP contribution in [0.15, 0.2) is 18.2 Å². The molecule has 0 radical (unpaired) electrons. The molecule has 0 heterocycles. The molecule has 1 aromatic carbocycles. The molecule has 0 fully saturated rings. The maximum atomic E-state index is 13.5. The minimum absolute atomic E-state index is 0.244. The molecule has 3 N–H and O–H groups in total. The van der Waals surface area contributed by atoms with Gasteiger partial charge in [0.1, 0.15) is 0 Å². The molecule has 18 heavy (non-hydrogen) atoms. The van der Waals surface area contributed by atoms with E-state index in [4.69, 9.17) is 16.7 Å². The van der Waals surface area contributed by atoms with Crippen molar-refractivity contribution >= 4 is 23.5 Å². The average Bonchev–Trinajstić information content (AvgIpc) is 2.28. The lowest BCUT2D eigenvalue weighted by Gasteiger charge is -2.17.